The fraction of sp³-hybridized carbons (Fsp3) is 0.185. The Morgan fingerprint density at radius 1 is 0.909 bits per heavy atom. The van der Waals surface area contributed by atoms with Crippen molar-refractivity contribution in [1.29, 1.82) is 0 Å². The number of hydrogen-bond donors (Lipinski definition) is 1. The number of benzene rings is 3. The third-order valence-corrected chi connectivity index (χ3v) is 5.14. The average molecular weight is 451 g/mol. The van der Waals surface area contributed by atoms with Crippen LogP contribution in [0.3, 0.4) is 0 Å². The Morgan fingerprint density at radius 3 is 2.27 bits per heavy atom. The molecule has 4 aromatic rings. The van der Waals surface area contributed by atoms with E-state index in [0.717, 1.165) is 34.2 Å². The van der Waals surface area contributed by atoms with Crippen LogP contribution in [-0.2, 0) is 6.18 Å². The molecule has 1 atom stereocenters. The summed E-state index contributed by atoms with van der Waals surface area (Å²) >= 11 is 0. The minimum Gasteiger partial charge on any atom is -0.344 e. The van der Waals surface area contributed by atoms with Crippen molar-refractivity contribution in [2.24, 2.45) is 0 Å². The van der Waals surface area contributed by atoms with E-state index in [1.165, 1.54) is 12.1 Å². The van der Waals surface area contributed by atoms with E-state index in [4.69, 9.17) is 0 Å². The van der Waals surface area contributed by atoms with E-state index in [-0.39, 0.29) is 11.9 Å². The first-order valence-corrected chi connectivity index (χ1v) is 10.7. The van der Waals surface area contributed by atoms with Crippen LogP contribution in [0.1, 0.15) is 48.4 Å². The van der Waals surface area contributed by atoms with Gasteiger partial charge in [0, 0.05) is 11.8 Å². The molecule has 0 radical (unpaired) electrons. The van der Waals surface area contributed by atoms with Gasteiger partial charge in [-0.25, -0.2) is 0 Å². The van der Waals surface area contributed by atoms with E-state index >= 15 is 0 Å². The summed E-state index contributed by atoms with van der Waals surface area (Å²) in [6.45, 7) is 5.87. The Morgan fingerprint density at radius 2 is 1.64 bits per heavy atom. The zero-order valence-corrected chi connectivity index (χ0v) is 18.6. The fourth-order valence-electron chi connectivity index (χ4n) is 3.50. The second-order valence-electron chi connectivity index (χ2n) is 7.27. The summed E-state index contributed by atoms with van der Waals surface area (Å²) in [6.07, 6.45) is -2.69. The lowest BCUT2D eigenvalue weighted by Gasteiger charge is -2.14. The highest BCUT2D eigenvalue weighted by molar-refractivity contribution is 6.02. The summed E-state index contributed by atoms with van der Waals surface area (Å²) in [6, 6.07) is 21.2. The molecule has 0 fully saturated rings. The Bertz CT molecular complexity index is 1220. The van der Waals surface area contributed by atoms with Crippen molar-refractivity contribution in [2.75, 3.05) is 0 Å². The first-order valence-electron chi connectivity index (χ1n) is 10.7. The van der Waals surface area contributed by atoms with Gasteiger partial charge in [-0.05, 0) is 65.2 Å². The lowest BCUT2D eigenvalue weighted by molar-refractivity contribution is -0.137. The molecular weight excluding hydrogens is 425 g/mol. The van der Waals surface area contributed by atoms with Crippen molar-refractivity contribution >= 4 is 16.7 Å². The highest BCUT2D eigenvalue weighted by Gasteiger charge is 2.30. The maximum absolute atomic E-state index is 12.9. The molecular formula is C27H25F3N2O. The van der Waals surface area contributed by atoms with Gasteiger partial charge < -0.3 is 5.32 Å². The third kappa shape index (κ3) is 5.58. The number of carbonyl (C=O) groups is 1. The molecule has 1 N–H and O–H groups in total. The summed E-state index contributed by atoms with van der Waals surface area (Å²) in [5.74, 6) is -0.222. The summed E-state index contributed by atoms with van der Waals surface area (Å²) in [7, 11) is 0. The van der Waals surface area contributed by atoms with Crippen LogP contribution in [0.25, 0.3) is 21.9 Å². The van der Waals surface area contributed by atoms with E-state index in [0.29, 0.717) is 11.1 Å². The van der Waals surface area contributed by atoms with Gasteiger partial charge in [-0.3, -0.25) is 9.78 Å². The largest absolute Gasteiger partial charge is 0.416 e. The lowest BCUT2D eigenvalue weighted by atomic mass is 9.96. The second kappa shape index (κ2) is 10.3. The highest BCUT2D eigenvalue weighted by Crippen LogP contribution is 2.33. The van der Waals surface area contributed by atoms with Crippen molar-refractivity contribution in [2.45, 2.75) is 33.0 Å². The van der Waals surface area contributed by atoms with Crippen LogP contribution >= 0.6 is 0 Å². The number of nitrogens with one attached hydrogen (secondary N) is 1. The summed E-state index contributed by atoms with van der Waals surface area (Å²) in [5, 5.41) is 4.62. The van der Waals surface area contributed by atoms with E-state index in [1.807, 2.05) is 63.2 Å². The third-order valence-electron chi connectivity index (χ3n) is 5.14. The minimum absolute atomic E-state index is 0.222. The molecule has 0 aliphatic heterocycles. The van der Waals surface area contributed by atoms with Crippen molar-refractivity contribution in [1.82, 2.24) is 10.3 Å². The first-order chi connectivity index (χ1) is 15.8. The SMILES string of the molecule is CC.CC(NC(=O)c1ccc2c(-c3ccc(C(F)(F)F)cc3)cccc2c1)c1ccccn1. The quantitative estimate of drug-likeness (QED) is 0.351. The molecule has 0 bridgehead atoms. The highest BCUT2D eigenvalue weighted by atomic mass is 19.4. The van der Waals surface area contributed by atoms with Crippen molar-refractivity contribution < 1.29 is 18.0 Å². The molecule has 0 aliphatic carbocycles. The molecule has 3 nitrogen and oxygen atoms in total. The predicted octanol–water partition coefficient (Wildman–Crippen LogP) is 7.44. The molecule has 1 unspecified atom stereocenters. The fourth-order valence-corrected chi connectivity index (χ4v) is 3.50. The Labute approximate surface area is 191 Å². The van der Waals surface area contributed by atoms with Crippen molar-refractivity contribution in [3.05, 3.63) is 102 Å². The van der Waals surface area contributed by atoms with E-state index in [1.54, 1.807) is 18.3 Å². The number of alkyl halides is 3. The van der Waals surface area contributed by atoms with E-state index in [9.17, 15) is 18.0 Å². The van der Waals surface area contributed by atoms with Crippen LogP contribution in [-0.4, -0.2) is 10.9 Å². The van der Waals surface area contributed by atoms with Crippen LogP contribution in [0.15, 0.2) is 85.1 Å². The van der Waals surface area contributed by atoms with E-state index < -0.39 is 11.7 Å². The van der Waals surface area contributed by atoms with Crippen LogP contribution in [0, 0.1) is 0 Å². The summed E-state index contributed by atoms with van der Waals surface area (Å²) in [4.78, 5) is 17.0. The molecule has 3 aromatic carbocycles. The van der Waals surface area contributed by atoms with Crippen LogP contribution < -0.4 is 5.32 Å². The van der Waals surface area contributed by atoms with Gasteiger partial charge in [-0.1, -0.05) is 56.3 Å². The molecule has 4 rings (SSSR count). The minimum atomic E-state index is -4.37. The second-order valence-corrected chi connectivity index (χ2v) is 7.27. The molecule has 1 aromatic heterocycles. The van der Waals surface area contributed by atoms with Crippen LogP contribution in [0.5, 0.6) is 0 Å². The Kier molecular flexibility index (Phi) is 7.48. The lowest BCUT2D eigenvalue weighted by Crippen LogP contribution is -2.27. The number of amides is 1. The topological polar surface area (TPSA) is 42.0 Å². The molecule has 0 spiro atoms. The van der Waals surface area contributed by atoms with Gasteiger partial charge >= 0.3 is 6.18 Å². The van der Waals surface area contributed by atoms with Gasteiger partial charge in [0.15, 0.2) is 0 Å². The first kappa shape index (κ1) is 24.0. The summed E-state index contributed by atoms with van der Waals surface area (Å²) < 4.78 is 38.6. The molecule has 0 saturated carbocycles. The van der Waals surface area contributed by atoms with Gasteiger partial charge in [0.1, 0.15) is 0 Å². The van der Waals surface area contributed by atoms with Gasteiger partial charge in [0.05, 0.1) is 17.3 Å². The van der Waals surface area contributed by atoms with Gasteiger partial charge in [0.25, 0.3) is 5.91 Å². The molecule has 0 aliphatic rings. The Hall–Kier alpha value is -3.67. The normalized spacial score (nSPS) is 11.9. The van der Waals surface area contributed by atoms with Crippen LogP contribution in [0.4, 0.5) is 13.2 Å². The number of pyridine rings is 1. The standard InChI is InChI=1S/C25H19F3N2O.C2H6/c1-16(23-7-2-3-14-29-23)30-24(31)19-10-13-22-18(15-19)5-4-6-21(22)17-8-11-20(12-9-17)25(26,27)28;1-2/h2-16H,1H3,(H,30,31);1-2H3. The number of aromatic nitrogens is 1. The average Bonchev–Trinajstić information content (AvgIpc) is 2.84. The number of rotatable bonds is 4. The summed E-state index contributed by atoms with van der Waals surface area (Å²) in [5.41, 5.74) is 2.07. The van der Waals surface area contributed by atoms with E-state index in [2.05, 4.69) is 10.3 Å². The zero-order valence-electron chi connectivity index (χ0n) is 18.6. The number of hydrogen-bond acceptors (Lipinski definition) is 2. The zero-order chi connectivity index (χ0) is 24.0. The number of carbonyl (C=O) groups excluding carboxylic acids is 1. The predicted molar refractivity (Wildman–Crippen MR) is 126 cm³/mol. The maximum atomic E-state index is 12.9. The molecule has 0 saturated heterocycles. The number of halogens is 3. The van der Waals surface area contributed by atoms with Gasteiger partial charge in [-0.15, -0.1) is 0 Å². The monoisotopic (exact) mass is 450 g/mol. The molecule has 170 valence electrons. The molecule has 1 amide bonds. The molecule has 1 heterocycles. The van der Waals surface area contributed by atoms with Gasteiger partial charge in [-0.2, -0.15) is 13.2 Å². The number of fused-ring (bicyclic) bond motifs is 1. The van der Waals surface area contributed by atoms with Crippen LogP contribution in [0.2, 0.25) is 0 Å². The molecule has 6 heteroatoms. The van der Waals surface area contributed by atoms with Gasteiger partial charge in [0.2, 0.25) is 0 Å². The smallest absolute Gasteiger partial charge is 0.344 e. The molecule has 33 heavy (non-hydrogen) atoms. The van der Waals surface area contributed by atoms with Crippen molar-refractivity contribution in [3.8, 4) is 11.1 Å². The Balaban J connectivity index is 0.00000149. The van der Waals surface area contributed by atoms with Crippen molar-refractivity contribution in [3.63, 3.8) is 0 Å². The maximum Gasteiger partial charge on any atom is 0.416 e. The number of nitrogens with zero attached hydrogens (tertiary/aromatic N) is 1.